The quantitative estimate of drug-likeness (QED) is 0.811. The first-order valence-corrected chi connectivity index (χ1v) is 6.70. The summed E-state index contributed by atoms with van der Waals surface area (Å²) in [4.78, 5) is 15.7. The van der Waals surface area contributed by atoms with Gasteiger partial charge in [-0.3, -0.25) is 4.79 Å². The Bertz CT molecular complexity index is 552. The van der Waals surface area contributed by atoms with Crippen molar-refractivity contribution in [3.05, 3.63) is 27.8 Å². The van der Waals surface area contributed by atoms with Gasteiger partial charge >= 0.3 is 5.97 Å². The molecule has 1 unspecified atom stereocenters. The summed E-state index contributed by atoms with van der Waals surface area (Å²) in [6.45, 7) is 3.94. The van der Waals surface area contributed by atoms with E-state index in [1.807, 2.05) is 0 Å². The third kappa shape index (κ3) is 2.70. The number of aromatic nitrogens is 3. The highest BCUT2D eigenvalue weighted by molar-refractivity contribution is 7.14. The summed E-state index contributed by atoms with van der Waals surface area (Å²) >= 11 is 7.10. The van der Waals surface area contributed by atoms with E-state index in [2.05, 4.69) is 10.1 Å². The molecular weight excluding hydrogens is 274 g/mol. The van der Waals surface area contributed by atoms with Gasteiger partial charge in [0.1, 0.15) is 0 Å². The Balaban J connectivity index is 2.17. The number of rotatable bonds is 4. The van der Waals surface area contributed by atoms with Crippen LogP contribution in [0.15, 0.2) is 17.8 Å². The average molecular weight is 286 g/mol. The number of halogens is 1. The van der Waals surface area contributed by atoms with Gasteiger partial charge in [0.15, 0.2) is 10.3 Å². The highest BCUT2D eigenvalue weighted by atomic mass is 35.5. The molecule has 0 bridgehead atoms. The number of carbonyl (C=O) groups excluding carboxylic acids is 1. The van der Waals surface area contributed by atoms with Crippen molar-refractivity contribution in [2.75, 3.05) is 6.61 Å². The van der Waals surface area contributed by atoms with Crippen LogP contribution in [0.5, 0.6) is 0 Å². The predicted molar refractivity (Wildman–Crippen MR) is 69.3 cm³/mol. The molecule has 0 aliphatic carbocycles. The lowest BCUT2D eigenvalue weighted by Crippen LogP contribution is -2.12. The van der Waals surface area contributed by atoms with Crippen molar-refractivity contribution in [2.24, 2.45) is 0 Å². The molecule has 0 amide bonds. The first kappa shape index (κ1) is 13.0. The molecule has 0 aliphatic heterocycles. The summed E-state index contributed by atoms with van der Waals surface area (Å²) in [6.07, 6.45) is 3.39. The minimum Gasteiger partial charge on any atom is -0.466 e. The monoisotopic (exact) mass is 285 g/mol. The molecule has 96 valence electrons. The standard InChI is InChI=1S/C11H12ClN3O2S/c1-3-17-10(16)7(2)8-4-13-15(5-8)9-6-18-11(12)14-9/h4-7H,3H2,1-2H3. The molecule has 0 N–H and O–H groups in total. The van der Waals surface area contributed by atoms with Crippen molar-refractivity contribution in [2.45, 2.75) is 19.8 Å². The van der Waals surface area contributed by atoms with Gasteiger partial charge in [-0.05, 0) is 13.8 Å². The molecular formula is C11H12ClN3O2S. The van der Waals surface area contributed by atoms with Crippen LogP contribution in [0, 0.1) is 0 Å². The second-order valence-corrected chi connectivity index (χ2v) is 5.09. The molecule has 18 heavy (non-hydrogen) atoms. The molecule has 0 aliphatic rings. The SMILES string of the molecule is CCOC(=O)C(C)c1cnn(-c2csc(Cl)n2)c1. The van der Waals surface area contributed by atoms with E-state index in [1.165, 1.54) is 11.3 Å². The molecule has 0 saturated heterocycles. The first-order chi connectivity index (χ1) is 8.61. The summed E-state index contributed by atoms with van der Waals surface area (Å²) in [5.74, 6) is 0.0495. The predicted octanol–water partition coefficient (Wildman–Crippen LogP) is 2.65. The molecule has 2 heterocycles. The van der Waals surface area contributed by atoms with Gasteiger partial charge in [0.2, 0.25) is 0 Å². The molecule has 0 fully saturated rings. The zero-order valence-corrected chi connectivity index (χ0v) is 11.5. The van der Waals surface area contributed by atoms with Crippen molar-refractivity contribution in [3.63, 3.8) is 0 Å². The summed E-state index contributed by atoms with van der Waals surface area (Å²) in [7, 11) is 0. The third-order valence-electron chi connectivity index (χ3n) is 2.44. The maximum absolute atomic E-state index is 11.6. The molecule has 0 aromatic carbocycles. The van der Waals surface area contributed by atoms with E-state index in [9.17, 15) is 4.79 Å². The second-order valence-electron chi connectivity index (χ2n) is 3.65. The molecule has 0 spiro atoms. The van der Waals surface area contributed by atoms with Gasteiger partial charge in [-0.1, -0.05) is 11.6 Å². The van der Waals surface area contributed by atoms with Crippen LogP contribution in [0.2, 0.25) is 4.47 Å². The molecule has 1 atom stereocenters. The zero-order chi connectivity index (χ0) is 13.1. The van der Waals surface area contributed by atoms with Crippen LogP contribution in [0.3, 0.4) is 0 Å². The van der Waals surface area contributed by atoms with Gasteiger partial charge in [0, 0.05) is 17.1 Å². The summed E-state index contributed by atoms with van der Waals surface area (Å²) in [5.41, 5.74) is 0.789. The molecule has 2 rings (SSSR count). The number of carbonyl (C=O) groups is 1. The third-order valence-corrected chi connectivity index (χ3v) is 3.41. The normalized spacial score (nSPS) is 12.4. The van der Waals surface area contributed by atoms with Gasteiger partial charge in [-0.2, -0.15) is 5.10 Å². The lowest BCUT2D eigenvalue weighted by molar-refractivity contribution is -0.144. The molecule has 0 radical (unpaired) electrons. The first-order valence-electron chi connectivity index (χ1n) is 5.44. The van der Waals surface area contributed by atoms with E-state index in [0.717, 1.165) is 5.56 Å². The highest BCUT2D eigenvalue weighted by Gasteiger charge is 2.18. The number of nitrogens with zero attached hydrogens (tertiary/aromatic N) is 3. The van der Waals surface area contributed by atoms with Crippen LogP contribution in [-0.2, 0) is 9.53 Å². The van der Waals surface area contributed by atoms with E-state index in [4.69, 9.17) is 16.3 Å². The number of hydrogen-bond donors (Lipinski definition) is 0. The van der Waals surface area contributed by atoms with Crippen molar-refractivity contribution in [1.29, 1.82) is 0 Å². The van der Waals surface area contributed by atoms with Crippen LogP contribution in [0.25, 0.3) is 5.82 Å². The fourth-order valence-electron chi connectivity index (χ4n) is 1.44. The van der Waals surface area contributed by atoms with Gasteiger partial charge in [-0.25, -0.2) is 9.67 Å². The maximum Gasteiger partial charge on any atom is 0.313 e. The van der Waals surface area contributed by atoms with Crippen molar-refractivity contribution >= 4 is 28.9 Å². The lowest BCUT2D eigenvalue weighted by Gasteiger charge is -2.07. The molecule has 5 nitrogen and oxygen atoms in total. The Morgan fingerprint density at radius 2 is 2.44 bits per heavy atom. The van der Waals surface area contributed by atoms with E-state index in [-0.39, 0.29) is 11.9 Å². The second kappa shape index (κ2) is 5.49. The van der Waals surface area contributed by atoms with Crippen molar-refractivity contribution < 1.29 is 9.53 Å². The van der Waals surface area contributed by atoms with Crippen LogP contribution in [0.1, 0.15) is 25.3 Å². The van der Waals surface area contributed by atoms with Gasteiger partial charge in [0.05, 0.1) is 18.7 Å². The van der Waals surface area contributed by atoms with Gasteiger partial charge in [-0.15, -0.1) is 11.3 Å². The highest BCUT2D eigenvalue weighted by Crippen LogP contribution is 2.21. The molecule has 0 saturated carbocycles. The fourth-order valence-corrected chi connectivity index (χ4v) is 2.17. The van der Waals surface area contributed by atoms with E-state index in [0.29, 0.717) is 16.9 Å². The summed E-state index contributed by atoms with van der Waals surface area (Å²) in [5, 5.41) is 5.96. The van der Waals surface area contributed by atoms with Crippen molar-refractivity contribution in [3.8, 4) is 5.82 Å². The van der Waals surface area contributed by atoms with E-state index >= 15 is 0 Å². The fraction of sp³-hybridized carbons (Fsp3) is 0.364. The topological polar surface area (TPSA) is 57.0 Å². The Morgan fingerprint density at radius 1 is 1.67 bits per heavy atom. The van der Waals surface area contributed by atoms with Crippen LogP contribution in [0.4, 0.5) is 0 Å². The number of ether oxygens (including phenoxy) is 1. The molecule has 2 aromatic rings. The number of thiazole rings is 1. The smallest absolute Gasteiger partial charge is 0.313 e. The van der Waals surface area contributed by atoms with Crippen LogP contribution < -0.4 is 0 Å². The Morgan fingerprint density at radius 3 is 3.06 bits per heavy atom. The average Bonchev–Trinajstić information content (AvgIpc) is 2.96. The van der Waals surface area contributed by atoms with Crippen LogP contribution in [-0.4, -0.2) is 27.3 Å². The van der Waals surface area contributed by atoms with Crippen LogP contribution >= 0.6 is 22.9 Å². The number of hydrogen-bond acceptors (Lipinski definition) is 5. The lowest BCUT2D eigenvalue weighted by atomic mass is 10.1. The van der Waals surface area contributed by atoms with E-state index in [1.54, 1.807) is 36.3 Å². The minimum atomic E-state index is -0.340. The van der Waals surface area contributed by atoms with Gasteiger partial charge < -0.3 is 4.74 Å². The van der Waals surface area contributed by atoms with Crippen molar-refractivity contribution in [1.82, 2.24) is 14.8 Å². The van der Waals surface area contributed by atoms with Gasteiger partial charge in [0.25, 0.3) is 0 Å². The van der Waals surface area contributed by atoms with E-state index < -0.39 is 0 Å². The number of esters is 1. The summed E-state index contributed by atoms with van der Waals surface area (Å²) < 4.78 is 7.02. The Hall–Kier alpha value is -1.40. The minimum absolute atomic E-state index is 0.256. The molecule has 2 aromatic heterocycles. The molecule has 7 heteroatoms. The summed E-state index contributed by atoms with van der Waals surface area (Å²) in [6, 6.07) is 0. The Labute approximate surface area is 113 Å². The zero-order valence-electron chi connectivity index (χ0n) is 9.96. The Kier molecular flexibility index (Phi) is 3.98. The largest absolute Gasteiger partial charge is 0.466 e. The maximum atomic E-state index is 11.6.